The molecule has 0 amide bonds. The first-order valence-electron chi connectivity index (χ1n) is 8.77. The van der Waals surface area contributed by atoms with E-state index in [1.807, 2.05) is 54.6 Å². The lowest BCUT2D eigenvalue weighted by Gasteiger charge is -2.13. The van der Waals surface area contributed by atoms with Crippen LogP contribution in [0.15, 0.2) is 66.7 Å². The maximum Gasteiger partial charge on any atom is 0.103 e. The number of hydrogen-bond acceptors (Lipinski definition) is 3. The van der Waals surface area contributed by atoms with Gasteiger partial charge in [0.15, 0.2) is 0 Å². The molecule has 142 valence electrons. The number of para-hydroxylation sites is 1. The van der Waals surface area contributed by atoms with Crippen LogP contribution in [0.25, 0.3) is 26.7 Å². The number of hydrogen-bond donors (Lipinski definition) is 1. The molecule has 4 aromatic rings. The molecule has 0 aliphatic heterocycles. The molecule has 2 aromatic heterocycles. The SMILES string of the molecule is CC(C)(O)c1cc(-c2ccc(-c3cccc(Cl)c3)s2)n(-c2ccccc2Cl)n1. The molecule has 0 radical (unpaired) electrons. The molecular weight excluding hydrogens is 411 g/mol. The van der Waals surface area contributed by atoms with Gasteiger partial charge in [0, 0.05) is 9.90 Å². The van der Waals surface area contributed by atoms with Crippen LogP contribution >= 0.6 is 34.5 Å². The quantitative estimate of drug-likeness (QED) is 0.387. The first-order valence-corrected chi connectivity index (χ1v) is 10.3. The molecule has 0 atom stereocenters. The zero-order chi connectivity index (χ0) is 19.9. The fraction of sp³-hybridized carbons (Fsp3) is 0.136. The van der Waals surface area contributed by atoms with Gasteiger partial charge >= 0.3 is 0 Å². The van der Waals surface area contributed by atoms with Gasteiger partial charge in [-0.25, -0.2) is 4.68 Å². The van der Waals surface area contributed by atoms with E-state index >= 15 is 0 Å². The molecule has 2 aromatic carbocycles. The summed E-state index contributed by atoms with van der Waals surface area (Å²) in [4.78, 5) is 2.13. The Labute approximate surface area is 177 Å². The van der Waals surface area contributed by atoms with Crippen molar-refractivity contribution in [3.63, 3.8) is 0 Å². The molecule has 0 fully saturated rings. The highest BCUT2D eigenvalue weighted by Crippen LogP contribution is 2.38. The van der Waals surface area contributed by atoms with Gasteiger partial charge in [-0.15, -0.1) is 11.3 Å². The molecule has 1 N–H and O–H groups in total. The maximum absolute atomic E-state index is 10.5. The van der Waals surface area contributed by atoms with Gasteiger partial charge in [-0.2, -0.15) is 5.10 Å². The fourth-order valence-electron chi connectivity index (χ4n) is 2.94. The molecule has 0 saturated heterocycles. The van der Waals surface area contributed by atoms with Gasteiger partial charge in [-0.05, 0) is 61.9 Å². The van der Waals surface area contributed by atoms with E-state index in [1.165, 1.54) is 0 Å². The lowest BCUT2D eigenvalue weighted by atomic mass is 10.1. The van der Waals surface area contributed by atoms with Crippen molar-refractivity contribution in [1.82, 2.24) is 9.78 Å². The molecular formula is C22H18Cl2N2OS. The zero-order valence-electron chi connectivity index (χ0n) is 15.4. The Balaban J connectivity index is 1.86. The summed E-state index contributed by atoms with van der Waals surface area (Å²) in [6.45, 7) is 3.45. The van der Waals surface area contributed by atoms with Crippen LogP contribution in [0.2, 0.25) is 10.0 Å². The maximum atomic E-state index is 10.5. The van der Waals surface area contributed by atoms with Crippen molar-refractivity contribution >= 4 is 34.5 Å². The Morgan fingerprint density at radius 1 is 0.929 bits per heavy atom. The van der Waals surface area contributed by atoms with Gasteiger partial charge in [-0.1, -0.05) is 47.5 Å². The second kappa shape index (κ2) is 7.37. The summed E-state index contributed by atoms with van der Waals surface area (Å²) in [5.74, 6) is 0. The molecule has 0 aliphatic carbocycles. The second-order valence-corrected chi connectivity index (χ2v) is 8.94. The minimum Gasteiger partial charge on any atom is -0.384 e. The second-order valence-electron chi connectivity index (χ2n) is 7.01. The molecule has 3 nitrogen and oxygen atoms in total. The summed E-state index contributed by atoms with van der Waals surface area (Å²) in [7, 11) is 0. The van der Waals surface area contributed by atoms with Crippen molar-refractivity contribution < 1.29 is 5.11 Å². The third-order valence-electron chi connectivity index (χ3n) is 4.38. The van der Waals surface area contributed by atoms with E-state index in [0.717, 1.165) is 26.7 Å². The van der Waals surface area contributed by atoms with Crippen molar-refractivity contribution in [1.29, 1.82) is 0 Å². The van der Waals surface area contributed by atoms with E-state index < -0.39 is 5.60 Å². The summed E-state index contributed by atoms with van der Waals surface area (Å²) in [6, 6.07) is 21.4. The molecule has 0 spiro atoms. The van der Waals surface area contributed by atoms with Crippen LogP contribution in [0.3, 0.4) is 0 Å². The number of nitrogens with zero attached hydrogens (tertiary/aromatic N) is 2. The number of rotatable bonds is 4. The number of thiophene rings is 1. The number of aromatic nitrogens is 2. The van der Waals surface area contributed by atoms with E-state index in [2.05, 4.69) is 17.2 Å². The average molecular weight is 429 g/mol. The van der Waals surface area contributed by atoms with Crippen molar-refractivity contribution in [2.24, 2.45) is 0 Å². The molecule has 0 aliphatic rings. The van der Waals surface area contributed by atoms with E-state index in [1.54, 1.807) is 29.9 Å². The van der Waals surface area contributed by atoms with Crippen LogP contribution in [0, 0.1) is 0 Å². The monoisotopic (exact) mass is 428 g/mol. The Hall–Kier alpha value is -2.11. The van der Waals surface area contributed by atoms with Gasteiger partial charge in [0.05, 0.1) is 27.0 Å². The van der Waals surface area contributed by atoms with Gasteiger partial charge < -0.3 is 5.11 Å². The van der Waals surface area contributed by atoms with Crippen molar-refractivity contribution in [3.8, 4) is 26.7 Å². The topological polar surface area (TPSA) is 38.0 Å². The number of aliphatic hydroxyl groups is 1. The lowest BCUT2D eigenvalue weighted by Crippen LogP contribution is -2.16. The third-order valence-corrected chi connectivity index (χ3v) is 6.10. The highest BCUT2D eigenvalue weighted by Gasteiger charge is 2.24. The van der Waals surface area contributed by atoms with Crippen LogP contribution in [0.4, 0.5) is 0 Å². The normalized spacial score (nSPS) is 11.8. The molecule has 28 heavy (non-hydrogen) atoms. The van der Waals surface area contributed by atoms with Gasteiger partial charge in [0.25, 0.3) is 0 Å². The first-order chi connectivity index (χ1) is 13.3. The molecule has 0 saturated carbocycles. The molecule has 0 unspecified atom stereocenters. The van der Waals surface area contributed by atoms with Crippen molar-refractivity contribution in [3.05, 3.63) is 82.5 Å². The molecule has 6 heteroatoms. The number of benzene rings is 2. The lowest BCUT2D eigenvalue weighted by molar-refractivity contribution is 0.0734. The van der Waals surface area contributed by atoms with Crippen LogP contribution in [0.5, 0.6) is 0 Å². The van der Waals surface area contributed by atoms with E-state index in [9.17, 15) is 5.11 Å². The van der Waals surface area contributed by atoms with Crippen molar-refractivity contribution in [2.75, 3.05) is 0 Å². The van der Waals surface area contributed by atoms with Crippen LogP contribution in [-0.4, -0.2) is 14.9 Å². The molecule has 0 bridgehead atoms. The average Bonchev–Trinajstić information content (AvgIpc) is 3.29. The predicted octanol–water partition coefficient (Wildman–Crippen LogP) is 6.80. The Bertz CT molecular complexity index is 1140. The largest absolute Gasteiger partial charge is 0.384 e. The van der Waals surface area contributed by atoms with Gasteiger partial charge in [0.2, 0.25) is 0 Å². The van der Waals surface area contributed by atoms with Crippen LogP contribution in [-0.2, 0) is 5.60 Å². The Kier molecular flexibility index (Phi) is 5.06. The summed E-state index contributed by atoms with van der Waals surface area (Å²) in [5.41, 5.74) is 2.24. The molecule has 2 heterocycles. The first kappa shape index (κ1) is 19.2. The summed E-state index contributed by atoms with van der Waals surface area (Å²) in [6.07, 6.45) is 0. The minimum atomic E-state index is -1.06. The zero-order valence-corrected chi connectivity index (χ0v) is 17.7. The van der Waals surface area contributed by atoms with Gasteiger partial charge in [-0.3, -0.25) is 0 Å². The van der Waals surface area contributed by atoms with E-state index in [0.29, 0.717) is 15.7 Å². The van der Waals surface area contributed by atoms with Crippen molar-refractivity contribution in [2.45, 2.75) is 19.4 Å². The van der Waals surface area contributed by atoms with Crippen LogP contribution in [0.1, 0.15) is 19.5 Å². The Morgan fingerprint density at radius 2 is 1.68 bits per heavy atom. The van der Waals surface area contributed by atoms with E-state index in [-0.39, 0.29) is 0 Å². The van der Waals surface area contributed by atoms with E-state index in [4.69, 9.17) is 23.2 Å². The third kappa shape index (κ3) is 3.74. The van der Waals surface area contributed by atoms with Crippen LogP contribution < -0.4 is 0 Å². The minimum absolute atomic E-state index is 0.583. The summed E-state index contributed by atoms with van der Waals surface area (Å²) >= 11 is 14.2. The predicted molar refractivity (Wildman–Crippen MR) is 118 cm³/mol. The van der Waals surface area contributed by atoms with Gasteiger partial charge in [0.1, 0.15) is 5.60 Å². The standard InChI is InChI=1S/C22H18Cl2N2OS/c1-22(2,27)21-13-18(26(25-21)17-9-4-3-8-16(17)24)20-11-10-19(28-20)14-6-5-7-15(23)12-14/h3-13,27H,1-2H3. The molecule has 4 rings (SSSR count). The highest BCUT2D eigenvalue weighted by molar-refractivity contribution is 7.18. The number of halogens is 2. The fourth-order valence-corrected chi connectivity index (χ4v) is 4.35. The smallest absolute Gasteiger partial charge is 0.103 e. The summed E-state index contributed by atoms with van der Waals surface area (Å²) in [5, 5.41) is 16.4. The highest BCUT2D eigenvalue weighted by atomic mass is 35.5. The summed E-state index contributed by atoms with van der Waals surface area (Å²) < 4.78 is 1.79. The Morgan fingerprint density at radius 3 is 2.39 bits per heavy atom.